The van der Waals surface area contributed by atoms with Gasteiger partial charge in [0.05, 0.1) is 10.0 Å². The molecular weight excluding hydrogens is 359 g/mol. The summed E-state index contributed by atoms with van der Waals surface area (Å²) in [5, 5.41) is 4.02. The fourth-order valence-electron chi connectivity index (χ4n) is 3.19. The Balaban J connectivity index is 2.07. The van der Waals surface area contributed by atoms with Crippen LogP contribution in [0.3, 0.4) is 0 Å². The molecule has 0 saturated heterocycles. The summed E-state index contributed by atoms with van der Waals surface area (Å²) in [4.78, 5) is 26.6. The highest BCUT2D eigenvalue weighted by atomic mass is 35.5. The first-order valence-corrected chi connectivity index (χ1v) is 9.71. The summed E-state index contributed by atoms with van der Waals surface area (Å²) in [6.07, 6.45) is 5.93. The van der Waals surface area contributed by atoms with Crippen molar-refractivity contribution in [2.75, 3.05) is 0 Å². The van der Waals surface area contributed by atoms with Crippen LogP contribution >= 0.6 is 23.2 Å². The molecule has 1 aliphatic rings. The molecule has 6 heteroatoms. The Morgan fingerprint density at radius 2 is 1.88 bits per heavy atom. The molecule has 2 amide bonds. The molecule has 0 radical (unpaired) electrons. The lowest BCUT2D eigenvalue weighted by Gasteiger charge is -2.31. The van der Waals surface area contributed by atoms with Crippen LogP contribution in [0, 0.1) is 0 Å². The number of carbonyl (C=O) groups excluding carboxylic acids is 2. The van der Waals surface area contributed by atoms with E-state index in [9.17, 15) is 9.59 Å². The zero-order chi connectivity index (χ0) is 18.4. The van der Waals surface area contributed by atoms with E-state index in [1.807, 2.05) is 6.07 Å². The highest BCUT2D eigenvalue weighted by Gasteiger charge is 2.27. The van der Waals surface area contributed by atoms with E-state index >= 15 is 0 Å². The number of rotatable bonds is 6. The molecule has 0 spiro atoms. The predicted molar refractivity (Wildman–Crippen MR) is 102 cm³/mol. The van der Waals surface area contributed by atoms with Crippen LogP contribution in [-0.2, 0) is 16.1 Å². The van der Waals surface area contributed by atoms with E-state index < -0.39 is 6.04 Å². The normalized spacial score (nSPS) is 16.3. The average Bonchev–Trinajstić information content (AvgIpc) is 2.62. The minimum Gasteiger partial charge on any atom is -0.352 e. The van der Waals surface area contributed by atoms with Crippen LogP contribution in [0.5, 0.6) is 0 Å². The number of amides is 2. The van der Waals surface area contributed by atoms with Crippen LogP contribution in [-0.4, -0.2) is 28.8 Å². The standard InChI is InChI=1S/C19H26Cl2N2O2/c1-3-18(24)23(12-14-9-10-16(20)17(21)11-14)13(2)19(25)22-15-7-5-4-6-8-15/h9-11,13,15H,3-8,12H2,1-2H3,(H,22,25)/t13-/m1/s1. The van der Waals surface area contributed by atoms with Crippen LogP contribution in [0.15, 0.2) is 18.2 Å². The Labute approximate surface area is 159 Å². The highest BCUT2D eigenvalue weighted by Crippen LogP contribution is 2.24. The van der Waals surface area contributed by atoms with Crippen molar-refractivity contribution < 1.29 is 9.59 Å². The largest absolute Gasteiger partial charge is 0.352 e. The molecule has 1 saturated carbocycles. The Morgan fingerprint density at radius 1 is 1.20 bits per heavy atom. The Morgan fingerprint density at radius 3 is 2.48 bits per heavy atom. The predicted octanol–water partition coefficient (Wildman–Crippen LogP) is 4.57. The van der Waals surface area contributed by atoms with Crippen molar-refractivity contribution in [1.82, 2.24) is 10.2 Å². The Hall–Kier alpha value is -1.26. The van der Waals surface area contributed by atoms with Crippen molar-refractivity contribution in [2.45, 2.75) is 71.0 Å². The van der Waals surface area contributed by atoms with Crippen molar-refractivity contribution in [3.63, 3.8) is 0 Å². The molecule has 138 valence electrons. The zero-order valence-corrected chi connectivity index (χ0v) is 16.4. The number of nitrogens with zero attached hydrogens (tertiary/aromatic N) is 1. The van der Waals surface area contributed by atoms with Crippen molar-refractivity contribution in [3.8, 4) is 0 Å². The van der Waals surface area contributed by atoms with Gasteiger partial charge < -0.3 is 10.2 Å². The number of hydrogen-bond acceptors (Lipinski definition) is 2. The van der Waals surface area contributed by atoms with Crippen molar-refractivity contribution in [2.24, 2.45) is 0 Å². The van der Waals surface area contributed by atoms with Gasteiger partial charge in [0.2, 0.25) is 11.8 Å². The van der Waals surface area contributed by atoms with E-state index in [-0.39, 0.29) is 17.9 Å². The van der Waals surface area contributed by atoms with Gasteiger partial charge in [0.25, 0.3) is 0 Å². The average molecular weight is 385 g/mol. The summed E-state index contributed by atoms with van der Waals surface area (Å²) in [5.74, 6) is -0.147. The lowest BCUT2D eigenvalue weighted by atomic mass is 9.95. The van der Waals surface area contributed by atoms with Gasteiger partial charge in [0, 0.05) is 19.0 Å². The van der Waals surface area contributed by atoms with Crippen LogP contribution < -0.4 is 5.32 Å². The van der Waals surface area contributed by atoms with E-state index in [1.165, 1.54) is 6.42 Å². The quantitative estimate of drug-likeness (QED) is 0.780. The second-order valence-electron chi connectivity index (χ2n) is 6.64. The summed E-state index contributed by atoms with van der Waals surface area (Å²) in [7, 11) is 0. The van der Waals surface area contributed by atoms with Crippen molar-refractivity contribution in [1.29, 1.82) is 0 Å². The first-order chi connectivity index (χ1) is 11.9. The molecular formula is C19H26Cl2N2O2. The van der Waals surface area contributed by atoms with E-state index in [2.05, 4.69) is 5.32 Å². The molecule has 1 N–H and O–H groups in total. The van der Waals surface area contributed by atoms with Crippen molar-refractivity contribution >= 4 is 35.0 Å². The number of nitrogens with one attached hydrogen (secondary N) is 1. The first-order valence-electron chi connectivity index (χ1n) is 8.96. The summed E-state index contributed by atoms with van der Waals surface area (Å²) in [5.41, 5.74) is 0.855. The van der Waals surface area contributed by atoms with E-state index in [1.54, 1.807) is 30.9 Å². The van der Waals surface area contributed by atoms with Gasteiger partial charge in [-0.3, -0.25) is 9.59 Å². The third kappa shape index (κ3) is 5.61. The molecule has 25 heavy (non-hydrogen) atoms. The molecule has 4 nitrogen and oxygen atoms in total. The summed E-state index contributed by atoms with van der Waals surface area (Å²) in [6, 6.07) is 4.98. The van der Waals surface area contributed by atoms with Gasteiger partial charge in [-0.05, 0) is 37.5 Å². The summed E-state index contributed by atoms with van der Waals surface area (Å²) in [6.45, 7) is 3.92. The number of halogens is 2. The van der Waals surface area contributed by atoms with Crippen LogP contribution in [0.25, 0.3) is 0 Å². The monoisotopic (exact) mass is 384 g/mol. The van der Waals surface area contributed by atoms with Gasteiger partial charge in [-0.2, -0.15) is 0 Å². The van der Waals surface area contributed by atoms with Gasteiger partial charge in [-0.15, -0.1) is 0 Å². The SMILES string of the molecule is CCC(=O)N(Cc1ccc(Cl)c(Cl)c1)[C@H](C)C(=O)NC1CCCCC1. The third-order valence-corrected chi connectivity index (χ3v) is 5.50. The van der Waals surface area contributed by atoms with Gasteiger partial charge in [0.15, 0.2) is 0 Å². The maximum absolute atomic E-state index is 12.6. The highest BCUT2D eigenvalue weighted by molar-refractivity contribution is 6.42. The topological polar surface area (TPSA) is 49.4 Å². The van der Waals surface area contributed by atoms with E-state index in [0.717, 1.165) is 31.2 Å². The maximum Gasteiger partial charge on any atom is 0.242 e. The molecule has 0 unspecified atom stereocenters. The van der Waals surface area contributed by atoms with Crippen LogP contribution in [0.4, 0.5) is 0 Å². The van der Waals surface area contributed by atoms with Crippen molar-refractivity contribution in [3.05, 3.63) is 33.8 Å². The van der Waals surface area contributed by atoms with Crippen LogP contribution in [0.1, 0.15) is 57.9 Å². The number of benzene rings is 1. The molecule has 0 bridgehead atoms. The molecule has 0 heterocycles. The molecule has 1 aromatic rings. The lowest BCUT2D eigenvalue weighted by molar-refractivity contribution is -0.140. The second-order valence-corrected chi connectivity index (χ2v) is 7.46. The van der Waals surface area contributed by atoms with Crippen LogP contribution in [0.2, 0.25) is 10.0 Å². The fraction of sp³-hybridized carbons (Fsp3) is 0.579. The zero-order valence-electron chi connectivity index (χ0n) is 14.9. The minimum atomic E-state index is -0.524. The van der Waals surface area contributed by atoms with Gasteiger partial charge in [0.1, 0.15) is 6.04 Å². The summed E-state index contributed by atoms with van der Waals surface area (Å²) >= 11 is 12.0. The second kappa shape index (κ2) is 9.44. The van der Waals surface area contributed by atoms with Gasteiger partial charge >= 0.3 is 0 Å². The lowest BCUT2D eigenvalue weighted by Crippen LogP contribution is -2.50. The van der Waals surface area contributed by atoms with E-state index in [0.29, 0.717) is 23.0 Å². The van der Waals surface area contributed by atoms with E-state index in [4.69, 9.17) is 23.2 Å². The van der Waals surface area contributed by atoms with Gasteiger partial charge in [-0.25, -0.2) is 0 Å². The molecule has 0 aromatic heterocycles. The molecule has 0 aliphatic heterocycles. The fourth-order valence-corrected chi connectivity index (χ4v) is 3.51. The number of hydrogen-bond donors (Lipinski definition) is 1. The molecule has 1 aromatic carbocycles. The number of carbonyl (C=O) groups is 2. The molecule has 1 fully saturated rings. The van der Waals surface area contributed by atoms with Gasteiger partial charge in [-0.1, -0.05) is 55.5 Å². The third-order valence-electron chi connectivity index (χ3n) is 4.76. The molecule has 1 aliphatic carbocycles. The minimum absolute atomic E-state index is 0.0580. The molecule has 2 rings (SSSR count). The smallest absolute Gasteiger partial charge is 0.242 e. The molecule has 1 atom stereocenters. The Kier molecular flexibility index (Phi) is 7.57. The first kappa shape index (κ1) is 20.1. The summed E-state index contributed by atoms with van der Waals surface area (Å²) < 4.78 is 0. The maximum atomic E-state index is 12.6. The Bertz CT molecular complexity index is 615.